The number of hydrogen-bond donors (Lipinski definition) is 1. The first-order chi connectivity index (χ1) is 9.37. The molecule has 0 spiro atoms. The van der Waals surface area contributed by atoms with Crippen molar-refractivity contribution >= 4 is 5.82 Å². The van der Waals surface area contributed by atoms with Crippen LogP contribution in [0.3, 0.4) is 0 Å². The van der Waals surface area contributed by atoms with E-state index in [0.29, 0.717) is 6.61 Å². The Kier molecular flexibility index (Phi) is 6.24. The van der Waals surface area contributed by atoms with Gasteiger partial charge in [0, 0.05) is 13.0 Å². The summed E-state index contributed by atoms with van der Waals surface area (Å²) in [6.07, 6.45) is 2.93. The van der Waals surface area contributed by atoms with Crippen molar-refractivity contribution in [2.45, 2.75) is 60.8 Å². The van der Waals surface area contributed by atoms with Gasteiger partial charge < -0.3 is 10.1 Å². The van der Waals surface area contributed by atoms with Crippen molar-refractivity contribution < 1.29 is 4.74 Å². The quantitative estimate of drug-likeness (QED) is 0.820. The number of rotatable bonds is 7. The summed E-state index contributed by atoms with van der Waals surface area (Å²) in [4.78, 5) is 9.12. The van der Waals surface area contributed by atoms with Gasteiger partial charge in [0.25, 0.3) is 0 Å². The van der Waals surface area contributed by atoms with Gasteiger partial charge in [0.2, 0.25) is 5.88 Å². The molecule has 1 aromatic rings. The van der Waals surface area contributed by atoms with Crippen LogP contribution in [0.1, 0.15) is 58.8 Å². The second-order valence-electron chi connectivity index (χ2n) is 6.36. The zero-order valence-corrected chi connectivity index (χ0v) is 13.8. The first-order valence-corrected chi connectivity index (χ1v) is 7.61. The van der Waals surface area contributed by atoms with Crippen LogP contribution in [0.5, 0.6) is 5.88 Å². The molecule has 1 rings (SSSR count). The maximum atomic E-state index is 5.90. The lowest BCUT2D eigenvalue weighted by Gasteiger charge is -2.19. The smallest absolute Gasteiger partial charge is 0.221 e. The summed E-state index contributed by atoms with van der Waals surface area (Å²) in [5, 5.41) is 3.29. The van der Waals surface area contributed by atoms with Gasteiger partial charge >= 0.3 is 0 Å². The van der Waals surface area contributed by atoms with Gasteiger partial charge in [-0.15, -0.1) is 0 Å². The first kappa shape index (κ1) is 16.7. The number of aryl methyl sites for hydroxylation is 1. The highest BCUT2D eigenvalue weighted by molar-refractivity contribution is 5.48. The zero-order valence-electron chi connectivity index (χ0n) is 13.8. The summed E-state index contributed by atoms with van der Waals surface area (Å²) < 4.78 is 5.90. The number of hydrogen-bond acceptors (Lipinski definition) is 4. The molecule has 0 aliphatic rings. The molecule has 0 fully saturated rings. The molecule has 0 bridgehead atoms. The molecule has 0 saturated carbocycles. The fourth-order valence-electron chi connectivity index (χ4n) is 1.81. The van der Waals surface area contributed by atoms with E-state index in [1.165, 1.54) is 0 Å². The van der Waals surface area contributed by atoms with Gasteiger partial charge in [0.1, 0.15) is 11.6 Å². The summed E-state index contributed by atoms with van der Waals surface area (Å²) in [5.41, 5.74) is 1.28. The second kappa shape index (κ2) is 7.46. The molecule has 0 amide bonds. The normalized spacial score (nSPS) is 11.5. The summed E-state index contributed by atoms with van der Waals surface area (Å²) in [5.74, 6) is 2.49. The van der Waals surface area contributed by atoms with E-state index in [9.17, 15) is 0 Å². The molecule has 0 unspecified atom stereocenters. The lowest BCUT2D eigenvalue weighted by atomic mass is 9.93. The Balaban J connectivity index is 2.86. The summed E-state index contributed by atoms with van der Waals surface area (Å²) in [7, 11) is 0. The number of nitrogens with zero attached hydrogens (tertiary/aromatic N) is 2. The van der Waals surface area contributed by atoms with E-state index in [1.807, 2.05) is 6.92 Å². The number of aromatic nitrogens is 2. The predicted octanol–water partition coefficient (Wildman–Crippen LogP) is 3.98. The molecule has 0 aliphatic heterocycles. The number of nitrogens with one attached hydrogen (secondary N) is 1. The van der Waals surface area contributed by atoms with Gasteiger partial charge in [-0.25, -0.2) is 4.98 Å². The monoisotopic (exact) mass is 279 g/mol. The van der Waals surface area contributed by atoms with Crippen molar-refractivity contribution in [2.24, 2.45) is 5.41 Å². The van der Waals surface area contributed by atoms with E-state index in [1.54, 1.807) is 0 Å². The van der Waals surface area contributed by atoms with Crippen molar-refractivity contribution in [1.82, 2.24) is 9.97 Å². The molecule has 20 heavy (non-hydrogen) atoms. The highest BCUT2D eigenvalue weighted by atomic mass is 16.5. The van der Waals surface area contributed by atoms with Crippen molar-refractivity contribution in [3.63, 3.8) is 0 Å². The molecule has 114 valence electrons. The molecule has 1 aromatic heterocycles. The first-order valence-electron chi connectivity index (χ1n) is 7.61. The highest BCUT2D eigenvalue weighted by Gasteiger charge is 2.14. The fourth-order valence-corrected chi connectivity index (χ4v) is 1.81. The molecule has 0 aromatic carbocycles. The maximum absolute atomic E-state index is 5.90. The average Bonchev–Trinajstić information content (AvgIpc) is 2.33. The molecule has 0 aliphatic carbocycles. The lowest BCUT2D eigenvalue weighted by Crippen LogP contribution is -2.14. The Bertz CT molecular complexity index is 424. The van der Waals surface area contributed by atoms with Crippen LogP contribution in [0.25, 0.3) is 0 Å². The predicted molar refractivity (Wildman–Crippen MR) is 84.5 cm³/mol. The van der Waals surface area contributed by atoms with Gasteiger partial charge in [0.15, 0.2) is 0 Å². The minimum atomic E-state index is 0.275. The minimum Gasteiger partial charge on any atom is -0.477 e. The van der Waals surface area contributed by atoms with Gasteiger partial charge in [-0.3, -0.25) is 0 Å². The molecule has 4 nitrogen and oxygen atoms in total. The second-order valence-corrected chi connectivity index (χ2v) is 6.36. The topological polar surface area (TPSA) is 47.0 Å². The molecule has 1 N–H and O–H groups in total. The van der Waals surface area contributed by atoms with Crippen LogP contribution in [0, 0.1) is 12.3 Å². The SMILES string of the molecule is CCCc1nc(NCC)c(C)c(OCCC(C)(C)C)n1. The third-order valence-corrected chi connectivity index (χ3v) is 3.06. The average molecular weight is 279 g/mol. The molecule has 4 heteroatoms. The van der Waals surface area contributed by atoms with E-state index in [4.69, 9.17) is 4.74 Å². The molecule has 0 saturated heterocycles. The zero-order chi connectivity index (χ0) is 15.2. The van der Waals surface area contributed by atoms with Gasteiger partial charge in [-0.2, -0.15) is 4.98 Å². The molecule has 0 atom stereocenters. The number of anilines is 1. The van der Waals surface area contributed by atoms with Gasteiger partial charge in [-0.1, -0.05) is 27.7 Å². The van der Waals surface area contributed by atoms with Crippen molar-refractivity contribution in [3.8, 4) is 5.88 Å². The summed E-state index contributed by atoms with van der Waals surface area (Å²) in [6.45, 7) is 14.4. The van der Waals surface area contributed by atoms with E-state index in [2.05, 4.69) is 49.9 Å². The highest BCUT2D eigenvalue weighted by Crippen LogP contribution is 2.24. The van der Waals surface area contributed by atoms with Crippen LogP contribution in [0.15, 0.2) is 0 Å². The van der Waals surface area contributed by atoms with E-state index in [0.717, 1.165) is 48.9 Å². The standard InChI is InChI=1S/C16H29N3O/c1-7-9-13-18-14(17-8-2)12(3)15(19-13)20-11-10-16(4,5)6/h7-11H2,1-6H3,(H,17,18,19). The largest absolute Gasteiger partial charge is 0.477 e. The Morgan fingerprint density at radius 1 is 1.15 bits per heavy atom. The third-order valence-electron chi connectivity index (χ3n) is 3.06. The summed E-state index contributed by atoms with van der Waals surface area (Å²) >= 11 is 0. The van der Waals surface area contributed by atoms with Crippen LogP contribution in [0.4, 0.5) is 5.82 Å². The summed E-state index contributed by atoms with van der Waals surface area (Å²) in [6, 6.07) is 0. The molecule has 0 radical (unpaired) electrons. The van der Waals surface area contributed by atoms with Crippen molar-refractivity contribution in [3.05, 3.63) is 11.4 Å². The minimum absolute atomic E-state index is 0.275. The Morgan fingerprint density at radius 2 is 1.85 bits per heavy atom. The molecular formula is C16H29N3O. The van der Waals surface area contributed by atoms with Crippen molar-refractivity contribution in [1.29, 1.82) is 0 Å². The molecular weight excluding hydrogens is 250 g/mol. The van der Waals surface area contributed by atoms with Crippen LogP contribution in [0.2, 0.25) is 0 Å². The van der Waals surface area contributed by atoms with Gasteiger partial charge in [0.05, 0.1) is 12.2 Å². The van der Waals surface area contributed by atoms with Crippen LogP contribution in [-0.4, -0.2) is 23.1 Å². The fraction of sp³-hybridized carbons (Fsp3) is 0.750. The van der Waals surface area contributed by atoms with E-state index in [-0.39, 0.29) is 5.41 Å². The number of ether oxygens (including phenoxy) is 1. The maximum Gasteiger partial charge on any atom is 0.221 e. The van der Waals surface area contributed by atoms with Crippen LogP contribution >= 0.6 is 0 Å². The lowest BCUT2D eigenvalue weighted by molar-refractivity contribution is 0.234. The molecule has 1 heterocycles. The van der Waals surface area contributed by atoms with Crippen molar-refractivity contribution in [2.75, 3.05) is 18.5 Å². The van der Waals surface area contributed by atoms with E-state index < -0.39 is 0 Å². The Hall–Kier alpha value is -1.32. The Morgan fingerprint density at radius 3 is 2.40 bits per heavy atom. The van der Waals surface area contributed by atoms with Crippen LogP contribution in [-0.2, 0) is 6.42 Å². The van der Waals surface area contributed by atoms with Crippen LogP contribution < -0.4 is 10.1 Å². The Labute approximate surface area is 123 Å². The van der Waals surface area contributed by atoms with Gasteiger partial charge in [-0.05, 0) is 32.1 Å². The van der Waals surface area contributed by atoms with E-state index >= 15 is 0 Å². The third kappa shape index (κ3) is 5.35.